The van der Waals surface area contributed by atoms with Crippen LogP contribution in [0.1, 0.15) is 24.6 Å². The van der Waals surface area contributed by atoms with Gasteiger partial charge in [0.1, 0.15) is 0 Å². The Morgan fingerprint density at radius 3 is 2.60 bits per heavy atom. The number of pyridine rings is 2. The number of hydrogen-bond acceptors (Lipinski definition) is 5. The van der Waals surface area contributed by atoms with E-state index in [0.29, 0.717) is 13.1 Å². The summed E-state index contributed by atoms with van der Waals surface area (Å²) in [7, 11) is -3.11. The second-order valence-electron chi connectivity index (χ2n) is 6.37. The molecule has 25 heavy (non-hydrogen) atoms. The van der Waals surface area contributed by atoms with E-state index in [0.717, 1.165) is 35.4 Å². The summed E-state index contributed by atoms with van der Waals surface area (Å²) in [5.74, 6) is 0.983. The molecule has 0 amide bonds. The largest absolute Gasteiger partial charge is 0.264 e. The maximum absolute atomic E-state index is 11.6. The lowest BCUT2D eigenvalue weighted by molar-refractivity contribution is 0.315. The van der Waals surface area contributed by atoms with E-state index in [4.69, 9.17) is 0 Å². The molecule has 0 radical (unpaired) electrons. The van der Waals surface area contributed by atoms with Gasteiger partial charge in [-0.2, -0.15) is 5.10 Å². The highest BCUT2D eigenvalue weighted by molar-refractivity contribution is 7.88. The van der Waals surface area contributed by atoms with Crippen molar-refractivity contribution in [1.29, 1.82) is 0 Å². The number of aromatic nitrogens is 4. The van der Waals surface area contributed by atoms with Crippen LogP contribution in [0.25, 0.3) is 16.8 Å². The van der Waals surface area contributed by atoms with Crippen LogP contribution in [0.3, 0.4) is 0 Å². The lowest BCUT2D eigenvalue weighted by atomic mass is 9.98. The maximum Gasteiger partial charge on any atom is 0.211 e. The summed E-state index contributed by atoms with van der Waals surface area (Å²) in [5, 5.41) is 4.63. The van der Waals surface area contributed by atoms with E-state index in [2.05, 4.69) is 15.1 Å². The average Bonchev–Trinajstić information content (AvgIpc) is 3.05. The van der Waals surface area contributed by atoms with E-state index in [1.54, 1.807) is 10.7 Å². The van der Waals surface area contributed by atoms with Crippen molar-refractivity contribution in [2.75, 3.05) is 19.3 Å². The van der Waals surface area contributed by atoms with Crippen LogP contribution in [0.2, 0.25) is 0 Å². The van der Waals surface area contributed by atoms with Gasteiger partial charge in [-0.05, 0) is 31.0 Å². The fourth-order valence-electron chi connectivity index (χ4n) is 3.22. The third-order valence-corrected chi connectivity index (χ3v) is 5.93. The van der Waals surface area contributed by atoms with E-state index in [1.807, 2.05) is 36.7 Å². The molecule has 0 spiro atoms. The predicted molar refractivity (Wildman–Crippen MR) is 94.6 cm³/mol. The van der Waals surface area contributed by atoms with Gasteiger partial charge in [-0.25, -0.2) is 22.2 Å². The van der Waals surface area contributed by atoms with Crippen LogP contribution < -0.4 is 0 Å². The molecule has 1 aliphatic rings. The Kier molecular flexibility index (Phi) is 4.01. The molecule has 8 heteroatoms. The number of hydrogen-bond donors (Lipinski definition) is 0. The van der Waals surface area contributed by atoms with Gasteiger partial charge in [-0.3, -0.25) is 4.98 Å². The van der Waals surface area contributed by atoms with Crippen LogP contribution in [0, 0.1) is 0 Å². The molecule has 130 valence electrons. The van der Waals surface area contributed by atoms with Gasteiger partial charge in [0.05, 0.1) is 6.26 Å². The molecule has 4 heterocycles. The van der Waals surface area contributed by atoms with Crippen LogP contribution in [0.4, 0.5) is 0 Å². The molecule has 3 aromatic heterocycles. The summed E-state index contributed by atoms with van der Waals surface area (Å²) in [4.78, 5) is 8.77. The van der Waals surface area contributed by atoms with Crippen molar-refractivity contribution >= 4 is 15.7 Å². The number of fused-ring (bicyclic) bond motifs is 1. The Hall–Kier alpha value is -2.32. The minimum Gasteiger partial charge on any atom is -0.264 e. The Labute approximate surface area is 146 Å². The average molecular weight is 357 g/mol. The fraction of sp³-hybridized carbons (Fsp3) is 0.353. The molecule has 1 fully saturated rings. The second-order valence-corrected chi connectivity index (χ2v) is 8.35. The van der Waals surface area contributed by atoms with Gasteiger partial charge in [-0.1, -0.05) is 6.07 Å². The highest BCUT2D eigenvalue weighted by Crippen LogP contribution is 2.27. The maximum atomic E-state index is 11.6. The summed E-state index contributed by atoms with van der Waals surface area (Å²) in [5.41, 5.74) is 2.86. The summed E-state index contributed by atoms with van der Waals surface area (Å²) >= 11 is 0. The van der Waals surface area contributed by atoms with E-state index < -0.39 is 10.0 Å². The monoisotopic (exact) mass is 357 g/mol. The third-order valence-electron chi connectivity index (χ3n) is 4.63. The van der Waals surface area contributed by atoms with Crippen molar-refractivity contribution in [2.45, 2.75) is 18.8 Å². The van der Waals surface area contributed by atoms with Crippen molar-refractivity contribution in [1.82, 2.24) is 23.9 Å². The van der Waals surface area contributed by atoms with Crippen LogP contribution in [0.5, 0.6) is 0 Å². The van der Waals surface area contributed by atoms with Crippen LogP contribution in [-0.4, -0.2) is 51.7 Å². The predicted octanol–water partition coefficient (Wildman–Crippen LogP) is 1.93. The molecular formula is C17H19N5O2S. The number of rotatable bonds is 3. The molecule has 0 N–H and O–H groups in total. The third kappa shape index (κ3) is 3.27. The quantitative estimate of drug-likeness (QED) is 0.715. The van der Waals surface area contributed by atoms with Gasteiger partial charge in [0.2, 0.25) is 10.0 Å². The molecule has 0 unspecified atom stereocenters. The number of sulfonamides is 1. The van der Waals surface area contributed by atoms with Crippen molar-refractivity contribution in [3.8, 4) is 11.1 Å². The lowest BCUT2D eigenvalue weighted by Gasteiger charge is -2.28. The highest BCUT2D eigenvalue weighted by atomic mass is 32.2. The fourth-order valence-corrected chi connectivity index (χ4v) is 4.10. The van der Waals surface area contributed by atoms with Crippen molar-refractivity contribution < 1.29 is 8.42 Å². The molecule has 0 atom stereocenters. The summed E-state index contributed by atoms with van der Waals surface area (Å²) in [6.07, 6.45) is 8.28. The molecule has 0 saturated carbocycles. The summed E-state index contributed by atoms with van der Waals surface area (Å²) < 4.78 is 26.6. The highest BCUT2D eigenvalue weighted by Gasteiger charge is 2.28. The van der Waals surface area contributed by atoms with Gasteiger partial charge in [-0.15, -0.1) is 0 Å². The standard InChI is InChI=1S/C17H19N5O2S/c1-25(23,24)21-9-6-13(7-10-21)17-19-16-5-4-15(12-22(16)20-17)14-3-2-8-18-11-14/h2-5,8,11-13H,6-7,9-10H2,1H3. The van der Waals surface area contributed by atoms with Crippen LogP contribution in [-0.2, 0) is 10.0 Å². The first-order valence-electron chi connectivity index (χ1n) is 8.22. The molecule has 0 aromatic carbocycles. The van der Waals surface area contributed by atoms with E-state index >= 15 is 0 Å². The smallest absolute Gasteiger partial charge is 0.211 e. The number of piperidine rings is 1. The molecule has 1 aliphatic heterocycles. The van der Waals surface area contributed by atoms with Crippen molar-refractivity contribution in [2.24, 2.45) is 0 Å². The minimum absolute atomic E-state index is 0.194. The zero-order valence-electron chi connectivity index (χ0n) is 13.9. The Bertz CT molecular complexity index is 992. The van der Waals surface area contributed by atoms with Gasteiger partial charge >= 0.3 is 0 Å². The topological polar surface area (TPSA) is 80.5 Å². The summed E-state index contributed by atoms with van der Waals surface area (Å²) in [6, 6.07) is 7.87. The second kappa shape index (κ2) is 6.20. The molecule has 3 aromatic rings. The van der Waals surface area contributed by atoms with E-state index in [9.17, 15) is 8.42 Å². The first kappa shape index (κ1) is 16.2. The first-order chi connectivity index (χ1) is 12.0. The Morgan fingerprint density at radius 1 is 1.12 bits per heavy atom. The van der Waals surface area contributed by atoms with Gasteiger partial charge in [0.25, 0.3) is 0 Å². The first-order valence-corrected chi connectivity index (χ1v) is 10.1. The van der Waals surface area contributed by atoms with E-state index in [1.165, 1.54) is 10.6 Å². The SMILES string of the molecule is CS(=O)(=O)N1CCC(c2nc3ccc(-c4cccnc4)cn3n2)CC1. The van der Waals surface area contributed by atoms with Crippen molar-refractivity contribution in [3.05, 3.63) is 48.7 Å². The van der Waals surface area contributed by atoms with Crippen LogP contribution >= 0.6 is 0 Å². The normalized spacial score (nSPS) is 17.2. The van der Waals surface area contributed by atoms with Gasteiger partial charge < -0.3 is 0 Å². The molecule has 0 bridgehead atoms. The summed E-state index contributed by atoms with van der Waals surface area (Å²) in [6.45, 7) is 1.06. The van der Waals surface area contributed by atoms with Crippen molar-refractivity contribution in [3.63, 3.8) is 0 Å². The lowest BCUT2D eigenvalue weighted by Crippen LogP contribution is -2.37. The molecular weight excluding hydrogens is 338 g/mol. The zero-order chi connectivity index (χ0) is 17.4. The Balaban J connectivity index is 1.58. The zero-order valence-corrected chi connectivity index (χ0v) is 14.7. The van der Waals surface area contributed by atoms with Gasteiger partial charge in [0, 0.05) is 48.7 Å². The Morgan fingerprint density at radius 2 is 1.92 bits per heavy atom. The van der Waals surface area contributed by atoms with Crippen LogP contribution in [0.15, 0.2) is 42.9 Å². The molecule has 1 saturated heterocycles. The number of nitrogens with zero attached hydrogens (tertiary/aromatic N) is 5. The van der Waals surface area contributed by atoms with Gasteiger partial charge in [0.15, 0.2) is 11.5 Å². The molecule has 7 nitrogen and oxygen atoms in total. The van der Waals surface area contributed by atoms with E-state index in [-0.39, 0.29) is 5.92 Å². The molecule has 4 rings (SSSR count). The molecule has 0 aliphatic carbocycles. The minimum atomic E-state index is -3.11.